The second-order valence-electron chi connectivity index (χ2n) is 8.06. The molecule has 3 N–H and O–H groups in total. The molecule has 0 saturated carbocycles. The van der Waals surface area contributed by atoms with E-state index in [1.807, 2.05) is 49.4 Å². The van der Waals surface area contributed by atoms with Crippen molar-refractivity contribution in [1.29, 1.82) is 0 Å². The van der Waals surface area contributed by atoms with Gasteiger partial charge in [-0.25, -0.2) is 9.59 Å². The summed E-state index contributed by atoms with van der Waals surface area (Å²) in [6.45, 7) is 4.85. The predicted molar refractivity (Wildman–Crippen MR) is 146 cm³/mol. The van der Waals surface area contributed by atoms with Crippen LogP contribution in [0.1, 0.15) is 6.92 Å². The Hall–Kier alpha value is -3.62. The van der Waals surface area contributed by atoms with E-state index in [1.54, 1.807) is 29.2 Å². The molecule has 0 bridgehead atoms. The summed E-state index contributed by atoms with van der Waals surface area (Å²) in [5.74, 6) is 0.619. The molecule has 1 aliphatic heterocycles. The molecule has 0 radical (unpaired) electrons. The molecule has 3 aromatic rings. The molecule has 3 aromatic carbocycles. The van der Waals surface area contributed by atoms with Crippen LogP contribution in [0.25, 0.3) is 0 Å². The van der Waals surface area contributed by atoms with Crippen molar-refractivity contribution in [1.82, 2.24) is 4.90 Å². The van der Waals surface area contributed by atoms with E-state index in [-0.39, 0.29) is 12.1 Å². The molecule has 188 valence electrons. The van der Waals surface area contributed by atoms with Gasteiger partial charge in [-0.15, -0.1) is 0 Å². The Bertz CT molecular complexity index is 1190. The summed E-state index contributed by atoms with van der Waals surface area (Å²) in [5.41, 5.74) is 2.70. The third-order valence-corrected chi connectivity index (χ3v) is 6.32. The number of rotatable bonds is 6. The number of anilines is 4. The quantitative estimate of drug-likeness (QED) is 0.346. The van der Waals surface area contributed by atoms with Crippen LogP contribution in [0.4, 0.5) is 32.3 Å². The van der Waals surface area contributed by atoms with Gasteiger partial charge in [0.25, 0.3) is 0 Å². The fourth-order valence-corrected chi connectivity index (χ4v) is 4.35. The van der Waals surface area contributed by atoms with Crippen molar-refractivity contribution in [3.63, 3.8) is 0 Å². The second-order valence-corrected chi connectivity index (χ2v) is 8.87. The van der Waals surface area contributed by atoms with Gasteiger partial charge in [0.2, 0.25) is 0 Å². The number of hydrogen-bond acceptors (Lipinski definition) is 4. The van der Waals surface area contributed by atoms with E-state index in [0.29, 0.717) is 65.6 Å². The number of nitrogens with one attached hydrogen (secondary N) is 3. The maximum Gasteiger partial charge on any atom is 0.323 e. The zero-order chi connectivity index (χ0) is 25.5. The Morgan fingerprint density at radius 1 is 0.833 bits per heavy atom. The third-order valence-electron chi connectivity index (χ3n) is 5.69. The van der Waals surface area contributed by atoms with Crippen molar-refractivity contribution in [2.45, 2.75) is 6.92 Å². The Morgan fingerprint density at radius 3 is 2.17 bits per heavy atom. The first-order chi connectivity index (χ1) is 17.4. The zero-order valence-electron chi connectivity index (χ0n) is 19.8. The van der Waals surface area contributed by atoms with Crippen LogP contribution in [-0.2, 0) is 0 Å². The molecule has 4 rings (SSSR count). The number of amides is 4. The molecule has 1 aliphatic rings. The number of halogens is 2. The van der Waals surface area contributed by atoms with Crippen LogP contribution in [0, 0.1) is 0 Å². The van der Waals surface area contributed by atoms with Crippen molar-refractivity contribution >= 4 is 58.0 Å². The standard InChI is InChI=1S/C26H27Cl2N5O3/c1-2-36-23-9-4-3-8-22(23)30-25(34)29-18-10-12-19(13-11-18)32-14-16-33(17-15-32)26(35)31-24-20(27)6-5-7-21(24)28/h3-13H,2,14-17H2,1H3,(H,31,35)(H2,29,30,34). The van der Waals surface area contributed by atoms with Crippen LogP contribution in [0.5, 0.6) is 5.75 Å². The maximum absolute atomic E-state index is 12.7. The summed E-state index contributed by atoms with van der Waals surface area (Å²) in [6, 6.07) is 19.4. The van der Waals surface area contributed by atoms with E-state index in [2.05, 4.69) is 20.9 Å². The van der Waals surface area contributed by atoms with Crippen LogP contribution in [0.3, 0.4) is 0 Å². The first-order valence-corrected chi connectivity index (χ1v) is 12.3. The highest BCUT2D eigenvalue weighted by Crippen LogP contribution is 2.30. The van der Waals surface area contributed by atoms with E-state index in [9.17, 15) is 9.59 Å². The molecular weight excluding hydrogens is 501 g/mol. The highest BCUT2D eigenvalue weighted by Gasteiger charge is 2.22. The molecule has 0 spiro atoms. The van der Waals surface area contributed by atoms with Gasteiger partial charge in [0.1, 0.15) is 5.75 Å². The molecule has 8 nitrogen and oxygen atoms in total. The van der Waals surface area contributed by atoms with Crippen LogP contribution in [-0.4, -0.2) is 49.7 Å². The Morgan fingerprint density at radius 2 is 1.50 bits per heavy atom. The normalized spacial score (nSPS) is 13.2. The van der Waals surface area contributed by atoms with Gasteiger partial charge in [-0.1, -0.05) is 41.4 Å². The number of nitrogens with zero attached hydrogens (tertiary/aromatic N) is 2. The summed E-state index contributed by atoms with van der Waals surface area (Å²) in [7, 11) is 0. The second kappa shape index (κ2) is 11.9. The van der Waals surface area contributed by atoms with Gasteiger partial charge in [0.15, 0.2) is 0 Å². The van der Waals surface area contributed by atoms with Crippen LogP contribution in [0.2, 0.25) is 10.0 Å². The van der Waals surface area contributed by atoms with E-state index in [4.69, 9.17) is 27.9 Å². The Balaban J connectivity index is 1.28. The van der Waals surface area contributed by atoms with Gasteiger partial charge in [-0.2, -0.15) is 0 Å². The van der Waals surface area contributed by atoms with Gasteiger partial charge >= 0.3 is 12.1 Å². The number of ether oxygens (including phenoxy) is 1. The monoisotopic (exact) mass is 527 g/mol. The minimum Gasteiger partial charge on any atom is -0.492 e. The number of urea groups is 2. The minimum atomic E-state index is -0.354. The van der Waals surface area contributed by atoms with Crippen LogP contribution >= 0.6 is 23.2 Å². The molecule has 10 heteroatoms. The average molecular weight is 528 g/mol. The summed E-state index contributed by atoms with van der Waals surface area (Å²) in [5, 5.41) is 9.26. The van der Waals surface area contributed by atoms with Crippen molar-refractivity contribution in [3.8, 4) is 5.75 Å². The molecule has 1 saturated heterocycles. The zero-order valence-corrected chi connectivity index (χ0v) is 21.3. The van der Waals surface area contributed by atoms with Gasteiger partial charge < -0.3 is 30.5 Å². The van der Waals surface area contributed by atoms with Crippen molar-refractivity contribution in [2.75, 3.05) is 53.6 Å². The SMILES string of the molecule is CCOc1ccccc1NC(=O)Nc1ccc(N2CCN(C(=O)Nc3c(Cl)cccc3Cl)CC2)cc1. The van der Waals surface area contributed by atoms with Gasteiger partial charge in [-0.3, -0.25) is 0 Å². The summed E-state index contributed by atoms with van der Waals surface area (Å²) >= 11 is 12.3. The first-order valence-electron chi connectivity index (χ1n) is 11.6. The molecule has 0 atom stereocenters. The minimum absolute atomic E-state index is 0.235. The number of carbonyl (C=O) groups excluding carboxylic acids is 2. The molecule has 1 heterocycles. The fourth-order valence-electron chi connectivity index (χ4n) is 3.86. The number of piperazine rings is 1. The molecular formula is C26H27Cl2N5O3. The number of para-hydroxylation sites is 3. The topological polar surface area (TPSA) is 85.9 Å². The molecule has 1 fully saturated rings. The highest BCUT2D eigenvalue weighted by molar-refractivity contribution is 6.39. The van der Waals surface area contributed by atoms with Crippen molar-refractivity contribution in [3.05, 3.63) is 76.8 Å². The van der Waals surface area contributed by atoms with E-state index < -0.39 is 0 Å². The summed E-state index contributed by atoms with van der Waals surface area (Å²) in [6.07, 6.45) is 0. The third kappa shape index (κ3) is 6.33. The average Bonchev–Trinajstić information content (AvgIpc) is 2.88. The molecule has 0 aromatic heterocycles. The van der Waals surface area contributed by atoms with E-state index >= 15 is 0 Å². The molecule has 0 unspecified atom stereocenters. The highest BCUT2D eigenvalue weighted by atomic mass is 35.5. The molecule has 0 aliphatic carbocycles. The maximum atomic E-state index is 12.7. The predicted octanol–water partition coefficient (Wildman–Crippen LogP) is 6.39. The summed E-state index contributed by atoms with van der Waals surface area (Å²) in [4.78, 5) is 29.0. The number of carbonyl (C=O) groups is 2. The van der Waals surface area contributed by atoms with E-state index in [0.717, 1.165) is 5.69 Å². The number of hydrogen-bond donors (Lipinski definition) is 3. The Kier molecular flexibility index (Phi) is 8.40. The van der Waals surface area contributed by atoms with Crippen molar-refractivity contribution in [2.24, 2.45) is 0 Å². The lowest BCUT2D eigenvalue weighted by atomic mass is 10.2. The van der Waals surface area contributed by atoms with Crippen molar-refractivity contribution < 1.29 is 14.3 Å². The smallest absolute Gasteiger partial charge is 0.323 e. The fraction of sp³-hybridized carbons (Fsp3) is 0.231. The van der Waals surface area contributed by atoms with Gasteiger partial charge in [0.05, 0.1) is 28.0 Å². The largest absolute Gasteiger partial charge is 0.492 e. The van der Waals surface area contributed by atoms with Gasteiger partial charge in [-0.05, 0) is 55.5 Å². The van der Waals surface area contributed by atoms with Gasteiger partial charge in [0, 0.05) is 37.6 Å². The number of benzene rings is 3. The molecule has 4 amide bonds. The summed E-state index contributed by atoms with van der Waals surface area (Å²) < 4.78 is 5.55. The first kappa shape index (κ1) is 25.5. The lowest BCUT2D eigenvalue weighted by Crippen LogP contribution is -2.50. The van der Waals surface area contributed by atoms with Crippen LogP contribution in [0.15, 0.2) is 66.7 Å². The molecule has 36 heavy (non-hydrogen) atoms. The van der Waals surface area contributed by atoms with E-state index in [1.165, 1.54) is 0 Å². The lowest BCUT2D eigenvalue weighted by Gasteiger charge is -2.36. The lowest BCUT2D eigenvalue weighted by molar-refractivity contribution is 0.208. The van der Waals surface area contributed by atoms with Crippen LogP contribution < -0.4 is 25.6 Å². The Labute approximate surface area is 220 Å².